The van der Waals surface area contributed by atoms with E-state index >= 15 is 0 Å². The maximum atomic E-state index is 14.0. The van der Waals surface area contributed by atoms with E-state index in [1.807, 2.05) is 38.1 Å². The van der Waals surface area contributed by atoms with Gasteiger partial charge in [0, 0.05) is 25.7 Å². The molecule has 2 aromatic rings. The molecule has 0 spiro atoms. The van der Waals surface area contributed by atoms with Crippen molar-refractivity contribution in [3.8, 4) is 0 Å². The van der Waals surface area contributed by atoms with Crippen molar-refractivity contribution in [3.05, 3.63) is 70.8 Å². The fourth-order valence-electron chi connectivity index (χ4n) is 6.95. The first-order chi connectivity index (χ1) is 24.3. The van der Waals surface area contributed by atoms with Crippen LogP contribution in [0.2, 0.25) is 0 Å². The molecule has 2 aromatic carbocycles. The van der Waals surface area contributed by atoms with Gasteiger partial charge >= 0.3 is 18.1 Å². The molecular weight excluding hydrogens is 636 g/mol. The number of aryl methyl sites for hydroxylation is 2. The van der Waals surface area contributed by atoms with Gasteiger partial charge in [-0.15, -0.1) is 9.78 Å². The number of benzene rings is 2. The van der Waals surface area contributed by atoms with Crippen LogP contribution < -0.4 is 0 Å². The largest absolute Gasteiger partial charge is 0.513 e. The van der Waals surface area contributed by atoms with Crippen molar-refractivity contribution in [1.29, 1.82) is 0 Å². The van der Waals surface area contributed by atoms with E-state index in [9.17, 15) is 14.4 Å². The molecule has 2 aliphatic carbocycles. The van der Waals surface area contributed by atoms with E-state index in [0.29, 0.717) is 62.5 Å². The van der Waals surface area contributed by atoms with Gasteiger partial charge in [0.2, 0.25) is 0 Å². The number of ether oxygens (including phenoxy) is 2. The first kappa shape index (κ1) is 39.4. The first-order valence-corrected chi connectivity index (χ1v) is 19.1. The van der Waals surface area contributed by atoms with Gasteiger partial charge in [0.1, 0.15) is 0 Å². The molecule has 0 unspecified atom stereocenters. The van der Waals surface area contributed by atoms with Gasteiger partial charge in [-0.3, -0.25) is 9.78 Å². The van der Waals surface area contributed by atoms with Crippen molar-refractivity contribution in [1.82, 2.24) is 0 Å². The van der Waals surface area contributed by atoms with Gasteiger partial charge < -0.3 is 9.47 Å². The zero-order valence-electron chi connectivity index (χ0n) is 30.3. The van der Waals surface area contributed by atoms with Crippen molar-refractivity contribution in [2.75, 3.05) is 0 Å². The summed E-state index contributed by atoms with van der Waals surface area (Å²) in [6.07, 6.45) is 18.2. The summed E-state index contributed by atoms with van der Waals surface area (Å²) < 4.78 is 12.3. The maximum Gasteiger partial charge on any atom is 0.513 e. The molecule has 4 rings (SSSR count). The molecule has 2 fully saturated rings. The smallest absolute Gasteiger partial charge is 0.398 e. The summed E-state index contributed by atoms with van der Waals surface area (Å²) in [5.41, 5.74) is 2.23. The van der Waals surface area contributed by atoms with E-state index in [-0.39, 0.29) is 0 Å². The Kier molecular flexibility index (Phi) is 16.6. The molecule has 276 valence electrons. The second-order valence-corrected chi connectivity index (χ2v) is 14.2. The first-order valence-electron chi connectivity index (χ1n) is 19.1. The van der Waals surface area contributed by atoms with Gasteiger partial charge in [-0.05, 0) is 62.8 Å². The molecule has 0 aliphatic heterocycles. The molecule has 2 aliphatic rings. The number of carbonyl (C=O) groups excluding carboxylic acids is 3. The normalized spacial score (nSPS) is 19.6. The highest BCUT2D eigenvalue weighted by Crippen LogP contribution is 2.35. The minimum absolute atomic E-state index is 0.333. The molecule has 0 heterocycles. The Labute approximate surface area is 298 Å². The minimum atomic E-state index is -1.56. The predicted molar refractivity (Wildman–Crippen MR) is 190 cm³/mol. The van der Waals surface area contributed by atoms with Gasteiger partial charge in [0.25, 0.3) is 11.6 Å². The molecule has 0 saturated heterocycles. The molecular formula is C41H58O9. The Morgan fingerprint density at radius 2 is 0.720 bits per heavy atom. The molecule has 0 amide bonds. The Balaban J connectivity index is 1.57. The lowest BCUT2D eigenvalue weighted by molar-refractivity contribution is -0.409. The van der Waals surface area contributed by atoms with E-state index < -0.39 is 29.7 Å². The van der Waals surface area contributed by atoms with Crippen LogP contribution in [0.15, 0.2) is 48.5 Å². The van der Waals surface area contributed by atoms with Crippen molar-refractivity contribution in [3.63, 3.8) is 0 Å². The van der Waals surface area contributed by atoms with Crippen LogP contribution in [0, 0.1) is 13.8 Å². The summed E-state index contributed by atoms with van der Waals surface area (Å²) in [4.78, 5) is 63.1. The third kappa shape index (κ3) is 13.0. The predicted octanol–water partition coefficient (Wildman–Crippen LogP) is 11.3. The lowest BCUT2D eigenvalue weighted by Gasteiger charge is -2.35. The SMILES string of the molecule is Cc1ccccc1C(=O)OOC1(OC(=O)OC2(OOC(=O)c3ccccc3C)CCCCCCCCCCC2)CCCCCCCCCCC1. The lowest BCUT2D eigenvalue weighted by Crippen LogP contribution is -2.44. The molecule has 0 bridgehead atoms. The minimum Gasteiger partial charge on any atom is -0.398 e. The van der Waals surface area contributed by atoms with Gasteiger partial charge in [-0.1, -0.05) is 126 Å². The number of hydrogen-bond donors (Lipinski definition) is 0. The average Bonchev–Trinajstić information content (AvgIpc) is 3.09. The third-order valence-electron chi connectivity index (χ3n) is 10.0. The monoisotopic (exact) mass is 694 g/mol. The molecule has 0 N–H and O–H groups in total. The van der Waals surface area contributed by atoms with Crippen LogP contribution in [-0.4, -0.2) is 29.7 Å². The van der Waals surface area contributed by atoms with E-state index in [1.54, 1.807) is 24.3 Å². The quantitative estimate of drug-likeness (QED) is 0.115. The van der Waals surface area contributed by atoms with E-state index in [0.717, 1.165) is 88.2 Å². The fraction of sp³-hybridized carbons (Fsp3) is 0.634. The molecule has 50 heavy (non-hydrogen) atoms. The molecule has 0 radical (unpaired) electrons. The zero-order chi connectivity index (χ0) is 35.5. The van der Waals surface area contributed by atoms with Crippen molar-refractivity contribution >= 4 is 18.1 Å². The second-order valence-electron chi connectivity index (χ2n) is 14.2. The van der Waals surface area contributed by atoms with Crippen LogP contribution in [0.3, 0.4) is 0 Å². The van der Waals surface area contributed by atoms with Crippen LogP contribution in [0.4, 0.5) is 4.79 Å². The molecule has 9 nitrogen and oxygen atoms in total. The lowest BCUT2D eigenvalue weighted by atomic mass is 9.97. The van der Waals surface area contributed by atoms with E-state index in [2.05, 4.69) is 0 Å². The summed E-state index contributed by atoms with van der Waals surface area (Å²) in [5, 5.41) is 0. The second kappa shape index (κ2) is 21.1. The maximum absolute atomic E-state index is 14.0. The van der Waals surface area contributed by atoms with Crippen LogP contribution >= 0.6 is 0 Å². The highest BCUT2D eigenvalue weighted by Gasteiger charge is 2.44. The Morgan fingerprint density at radius 3 is 1.02 bits per heavy atom. The number of carbonyl (C=O) groups is 3. The average molecular weight is 695 g/mol. The van der Waals surface area contributed by atoms with Crippen LogP contribution in [0.1, 0.15) is 173 Å². The Bertz CT molecular complexity index is 1220. The Morgan fingerprint density at radius 1 is 0.440 bits per heavy atom. The van der Waals surface area contributed by atoms with Crippen molar-refractivity contribution in [2.45, 2.75) is 167 Å². The summed E-state index contributed by atoms with van der Waals surface area (Å²) >= 11 is 0. The summed E-state index contributed by atoms with van der Waals surface area (Å²) in [6, 6.07) is 14.2. The molecule has 9 heteroatoms. The van der Waals surface area contributed by atoms with E-state index in [1.165, 1.54) is 12.8 Å². The highest BCUT2D eigenvalue weighted by molar-refractivity contribution is 5.91. The van der Waals surface area contributed by atoms with Crippen LogP contribution in [-0.2, 0) is 29.0 Å². The molecule has 0 atom stereocenters. The highest BCUT2D eigenvalue weighted by atomic mass is 17.3. The topological polar surface area (TPSA) is 107 Å². The Hall–Kier alpha value is -3.43. The van der Waals surface area contributed by atoms with Crippen molar-refractivity contribution < 1.29 is 43.4 Å². The molecule has 0 aromatic heterocycles. The van der Waals surface area contributed by atoms with Gasteiger partial charge in [-0.2, -0.15) is 0 Å². The van der Waals surface area contributed by atoms with Gasteiger partial charge in [0.05, 0.1) is 11.1 Å². The summed E-state index contributed by atoms with van der Waals surface area (Å²) in [5.74, 6) is -4.43. The molecule has 2 saturated carbocycles. The van der Waals surface area contributed by atoms with E-state index in [4.69, 9.17) is 29.0 Å². The summed E-state index contributed by atoms with van der Waals surface area (Å²) in [6.45, 7) is 3.65. The van der Waals surface area contributed by atoms with Crippen molar-refractivity contribution in [2.24, 2.45) is 0 Å². The van der Waals surface area contributed by atoms with Crippen LogP contribution in [0.25, 0.3) is 0 Å². The van der Waals surface area contributed by atoms with Gasteiger partial charge in [-0.25, -0.2) is 14.4 Å². The fourth-order valence-corrected chi connectivity index (χ4v) is 6.95. The zero-order valence-corrected chi connectivity index (χ0v) is 30.3. The number of hydrogen-bond acceptors (Lipinski definition) is 9. The third-order valence-corrected chi connectivity index (χ3v) is 10.0. The number of rotatable bonds is 8. The standard InChI is InChI=1S/C41H58O9/c1-33-25-17-19-27-35(33)37(42)47-49-40(29-21-13-9-5-3-6-10-14-22-30-40)45-39(44)46-41(31-23-15-11-7-4-8-12-16-24-32-41)50-48-38(43)36-28-20-18-26-34(36)2/h17-20,25-28H,3-16,21-24,29-32H2,1-2H3. The van der Waals surface area contributed by atoms with Crippen LogP contribution in [0.5, 0.6) is 0 Å². The van der Waals surface area contributed by atoms with Gasteiger partial charge in [0.15, 0.2) is 0 Å². The summed E-state index contributed by atoms with van der Waals surface area (Å²) in [7, 11) is 0.